The number of aromatic nitrogens is 4. The van der Waals surface area contributed by atoms with Gasteiger partial charge in [0.1, 0.15) is 5.69 Å². The minimum Gasteiger partial charge on any atom is -0.244 e. The van der Waals surface area contributed by atoms with Crippen molar-refractivity contribution in [3.05, 3.63) is 146 Å². The van der Waals surface area contributed by atoms with E-state index in [1.807, 2.05) is 42.5 Å². The minimum absolute atomic E-state index is 0.553. The molecule has 0 N–H and O–H groups in total. The van der Waals surface area contributed by atoms with Crippen LogP contribution in [0.25, 0.3) is 77.9 Å². The molecule has 0 amide bonds. The van der Waals surface area contributed by atoms with E-state index >= 15 is 0 Å². The summed E-state index contributed by atoms with van der Waals surface area (Å²) >= 11 is 0. The summed E-state index contributed by atoms with van der Waals surface area (Å²) in [6.45, 7) is 0. The largest absolute Gasteiger partial charge is 0.244 e. The number of hydrogen-bond donors (Lipinski definition) is 0. The van der Waals surface area contributed by atoms with Gasteiger partial charge in [-0.25, -0.2) is 19.9 Å². The van der Waals surface area contributed by atoms with Gasteiger partial charge in [0, 0.05) is 21.9 Å². The third-order valence-corrected chi connectivity index (χ3v) is 7.70. The third-order valence-electron chi connectivity index (χ3n) is 7.70. The second-order valence-electron chi connectivity index (χ2n) is 10.3. The van der Waals surface area contributed by atoms with Crippen LogP contribution in [0.15, 0.2) is 146 Å². The molecular formula is C38H24N4. The first kappa shape index (κ1) is 24.1. The highest BCUT2D eigenvalue weighted by molar-refractivity contribution is 6.13. The van der Waals surface area contributed by atoms with Crippen LogP contribution in [0.2, 0.25) is 0 Å². The molecule has 8 rings (SSSR count). The zero-order valence-corrected chi connectivity index (χ0v) is 22.6. The van der Waals surface area contributed by atoms with Crippen molar-refractivity contribution >= 4 is 32.4 Å². The molecule has 0 unspecified atom stereocenters. The number of nitrogens with zero attached hydrogens (tertiary/aromatic N) is 4. The fraction of sp³-hybridized carbons (Fsp3) is 0. The van der Waals surface area contributed by atoms with Crippen molar-refractivity contribution in [3.8, 4) is 45.4 Å². The molecule has 0 spiro atoms. The fourth-order valence-electron chi connectivity index (χ4n) is 5.58. The van der Waals surface area contributed by atoms with Crippen molar-refractivity contribution in [2.75, 3.05) is 0 Å². The maximum atomic E-state index is 5.19. The van der Waals surface area contributed by atoms with Crippen molar-refractivity contribution in [1.82, 2.24) is 19.9 Å². The molecule has 0 atom stereocenters. The number of benzene rings is 6. The predicted molar refractivity (Wildman–Crippen MR) is 172 cm³/mol. The van der Waals surface area contributed by atoms with Gasteiger partial charge in [-0.3, -0.25) is 0 Å². The quantitative estimate of drug-likeness (QED) is 0.166. The van der Waals surface area contributed by atoms with Crippen LogP contribution in [-0.4, -0.2) is 19.9 Å². The molecule has 0 aliphatic carbocycles. The van der Waals surface area contributed by atoms with Gasteiger partial charge in [-0.1, -0.05) is 133 Å². The van der Waals surface area contributed by atoms with Crippen LogP contribution < -0.4 is 0 Å². The summed E-state index contributed by atoms with van der Waals surface area (Å²) in [5.41, 5.74) is 5.83. The van der Waals surface area contributed by atoms with Gasteiger partial charge in [0.2, 0.25) is 0 Å². The van der Waals surface area contributed by atoms with Gasteiger partial charge in [0.15, 0.2) is 17.5 Å². The molecule has 0 bridgehead atoms. The average molecular weight is 537 g/mol. The van der Waals surface area contributed by atoms with E-state index in [9.17, 15) is 0 Å². The summed E-state index contributed by atoms with van der Waals surface area (Å²) in [5.74, 6) is 1.78. The van der Waals surface area contributed by atoms with Crippen LogP contribution in [0.3, 0.4) is 0 Å². The summed E-state index contributed by atoms with van der Waals surface area (Å²) < 4.78 is 0. The lowest BCUT2D eigenvalue weighted by molar-refractivity contribution is 1.07. The molecule has 6 aromatic carbocycles. The number of hydrogen-bond acceptors (Lipinski definition) is 4. The SMILES string of the molecule is c1ccc(-c2ccc(-c3nc(-c4ccccc4)nc(-c4nc5cc6ccccc6cc5c5ccccc45)n3)cc2)cc1. The van der Waals surface area contributed by atoms with Crippen LogP contribution in [0.4, 0.5) is 0 Å². The van der Waals surface area contributed by atoms with Crippen LogP contribution in [0.1, 0.15) is 0 Å². The van der Waals surface area contributed by atoms with E-state index < -0.39 is 0 Å². The Morgan fingerprint density at radius 2 is 0.786 bits per heavy atom. The molecule has 0 saturated heterocycles. The summed E-state index contributed by atoms with van der Waals surface area (Å²) in [6, 6.07) is 50.0. The first-order chi connectivity index (χ1) is 20.8. The van der Waals surface area contributed by atoms with E-state index in [-0.39, 0.29) is 0 Å². The van der Waals surface area contributed by atoms with E-state index in [0.29, 0.717) is 17.5 Å². The minimum atomic E-state index is 0.553. The Morgan fingerprint density at radius 1 is 0.310 bits per heavy atom. The lowest BCUT2D eigenvalue weighted by Crippen LogP contribution is -2.02. The third kappa shape index (κ3) is 4.27. The maximum absolute atomic E-state index is 5.19. The lowest BCUT2D eigenvalue weighted by Gasteiger charge is -2.12. The smallest absolute Gasteiger partial charge is 0.183 e. The lowest BCUT2D eigenvalue weighted by atomic mass is 10.00. The van der Waals surface area contributed by atoms with Gasteiger partial charge >= 0.3 is 0 Å². The Morgan fingerprint density at radius 3 is 1.48 bits per heavy atom. The zero-order chi connectivity index (χ0) is 27.9. The molecule has 0 fully saturated rings. The maximum Gasteiger partial charge on any atom is 0.183 e. The number of fused-ring (bicyclic) bond motifs is 4. The molecule has 0 aliphatic rings. The summed E-state index contributed by atoms with van der Waals surface area (Å²) in [6.07, 6.45) is 0. The number of pyridine rings is 1. The Bertz CT molecular complexity index is 2230. The van der Waals surface area contributed by atoms with E-state index in [1.165, 1.54) is 10.9 Å². The summed E-state index contributed by atoms with van der Waals surface area (Å²) in [7, 11) is 0. The zero-order valence-electron chi connectivity index (χ0n) is 22.6. The molecule has 2 aromatic heterocycles. The highest BCUT2D eigenvalue weighted by Gasteiger charge is 2.17. The van der Waals surface area contributed by atoms with Crippen molar-refractivity contribution in [3.63, 3.8) is 0 Å². The Labute approximate surface area is 243 Å². The van der Waals surface area contributed by atoms with Gasteiger partial charge < -0.3 is 0 Å². The molecule has 0 radical (unpaired) electrons. The van der Waals surface area contributed by atoms with Crippen molar-refractivity contribution in [2.45, 2.75) is 0 Å². The second kappa shape index (κ2) is 10.0. The number of rotatable bonds is 4. The molecule has 4 nitrogen and oxygen atoms in total. The van der Waals surface area contributed by atoms with Crippen molar-refractivity contribution < 1.29 is 0 Å². The van der Waals surface area contributed by atoms with Crippen molar-refractivity contribution in [2.24, 2.45) is 0 Å². The molecule has 2 heterocycles. The highest BCUT2D eigenvalue weighted by atomic mass is 15.0. The van der Waals surface area contributed by atoms with Crippen LogP contribution in [0.5, 0.6) is 0 Å². The Kier molecular flexibility index (Phi) is 5.75. The van der Waals surface area contributed by atoms with E-state index in [2.05, 4.69) is 103 Å². The molecular weight excluding hydrogens is 512 g/mol. The molecule has 42 heavy (non-hydrogen) atoms. The second-order valence-corrected chi connectivity index (χ2v) is 10.3. The van der Waals surface area contributed by atoms with E-state index in [0.717, 1.165) is 49.4 Å². The average Bonchev–Trinajstić information content (AvgIpc) is 3.08. The molecule has 4 heteroatoms. The van der Waals surface area contributed by atoms with Crippen LogP contribution >= 0.6 is 0 Å². The normalized spacial score (nSPS) is 11.3. The molecule has 0 aliphatic heterocycles. The fourth-order valence-corrected chi connectivity index (χ4v) is 5.58. The molecule has 0 saturated carbocycles. The van der Waals surface area contributed by atoms with E-state index in [1.54, 1.807) is 0 Å². The monoisotopic (exact) mass is 536 g/mol. The Balaban J connectivity index is 1.35. The van der Waals surface area contributed by atoms with Gasteiger partial charge in [0.05, 0.1) is 5.52 Å². The Hall–Kier alpha value is -5.74. The van der Waals surface area contributed by atoms with Crippen molar-refractivity contribution in [1.29, 1.82) is 0 Å². The van der Waals surface area contributed by atoms with Gasteiger partial charge in [0.25, 0.3) is 0 Å². The van der Waals surface area contributed by atoms with Gasteiger partial charge in [-0.15, -0.1) is 0 Å². The van der Waals surface area contributed by atoms with Crippen LogP contribution in [0, 0.1) is 0 Å². The summed E-state index contributed by atoms with van der Waals surface area (Å²) in [5, 5.41) is 5.59. The summed E-state index contributed by atoms with van der Waals surface area (Å²) in [4.78, 5) is 20.2. The molecule has 8 aromatic rings. The molecule has 196 valence electrons. The standard InChI is InChI=1S/C38H24N4/c1-3-11-25(12-4-1)26-19-21-28(22-20-26)37-40-36(27-13-5-2-6-14-27)41-38(42-37)35-32-18-10-9-17-31(32)33-23-29-15-7-8-16-30(29)24-34(33)39-35/h1-24H. The highest BCUT2D eigenvalue weighted by Crippen LogP contribution is 2.34. The van der Waals surface area contributed by atoms with Gasteiger partial charge in [-0.05, 0) is 39.4 Å². The predicted octanol–water partition coefficient (Wildman–Crippen LogP) is 9.39. The first-order valence-corrected chi connectivity index (χ1v) is 14.0. The topological polar surface area (TPSA) is 51.6 Å². The van der Waals surface area contributed by atoms with Crippen LogP contribution in [-0.2, 0) is 0 Å². The van der Waals surface area contributed by atoms with Gasteiger partial charge in [-0.2, -0.15) is 0 Å². The first-order valence-electron chi connectivity index (χ1n) is 14.0. The van der Waals surface area contributed by atoms with E-state index in [4.69, 9.17) is 19.9 Å².